The third kappa shape index (κ3) is 3.18. The Balaban J connectivity index is 1.58. The minimum atomic E-state index is -1.82. The molecule has 8 heteroatoms. The van der Waals surface area contributed by atoms with Crippen LogP contribution in [-0.4, -0.2) is 16.8 Å². The highest BCUT2D eigenvalue weighted by Gasteiger charge is 2.66. The molecule has 40 heavy (non-hydrogen) atoms. The lowest BCUT2D eigenvalue weighted by molar-refractivity contribution is -0.121. The number of carbonyl (C=O) groups is 2. The summed E-state index contributed by atoms with van der Waals surface area (Å²) in [5, 5.41) is 0.814. The van der Waals surface area contributed by atoms with Gasteiger partial charge in [-0.15, -0.1) is 0 Å². The molecule has 0 aliphatic carbocycles. The number of carbonyl (C=O) groups excluding carboxylic acids is 2. The lowest BCUT2D eigenvalue weighted by Gasteiger charge is -2.33. The maximum atomic E-state index is 14.9. The van der Waals surface area contributed by atoms with Gasteiger partial charge in [0, 0.05) is 16.8 Å². The minimum Gasteiger partial charge on any atom is -0.450 e. The van der Waals surface area contributed by atoms with E-state index in [1.54, 1.807) is 53.6 Å². The average molecular weight is 548 g/mol. The van der Waals surface area contributed by atoms with Crippen molar-refractivity contribution >= 4 is 45.9 Å². The number of fused-ring (bicyclic) bond motifs is 5. The van der Waals surface area contributed by atoms with Gasteiger partial charge in [0.05, 0.1) is 23.2 Å². The zero-order valence-corrected chi connectivity index (χ0v) is 22.4. The molecule has 0 fully saturated rings. The maximum absolute atomic E-state index is 14.9. The molecule has 196 valence electrons. The third-order valence-electron chi connectivity index (χ3n) is 7.70. The summed E-state index contributed by atoms with van der Waals surface area (Å²) in [4.78, 5) is 50.9. The zero-order chi connectivity index (χ0) is 27.8. The van der Waals surface area contributed by atoms with Gasteiger partial charge >= 0.3 is 0 Å². The SMILES string of the molecule is Cc1ccnc(N2C(=O)c3oc4ccc(C)cc4c(=O)c3C23C(=O)N(Cc2ccccc2Cl)c2ccccc23)c1. The van der Waals surface area contributed by atoms with Crippen molar-refractivity contribution in [1.29, 1.82) is 0 Å². The number of anilines is 2. The number of halogens is 1. The molecule has 2 aliphatic heterocycles. The van der Waals surface area contributed by atoms with Crippen LogP contribution >= 0.6 is 11.6 Å². The van der Waals surface area contributed by atoms with Crippen LogP contribution in [0.15, 0.2) is 94.3 Å². The molecule has 1 spiro atoms. The van der Waals surface area contributed by atoms with Crippen molar-refractivity contribution in [3.8, 4) is 0 Å². The number of pyridine rings is 1. The van der Waals surface area contributed by atoms with Gasteiger partial charge in [-0.1, -0.05) is 59.6 Å². The van der Waals surface area contributed by atoms with Crippen LogP contribution in [0.1, 0.15) is 38.4 Å². The van der Waals surface area contributed by atoms with Crippen LogP contribution in [0.5, 0.6) is 0 Å². The van der Waals surface area contributed by atoms with Gasteiger partial charge in [-0.3, -0.25) is 19.3 Å². The van der Waals surface area contributed by atoms with E-state index in [2.05, 4.69) is 4.98 Å². The summed E-state index contributed by atoms with van der Waals surface area (Å²) in [7, 11) is 0. The first-order valence-electron chi connectivity index (χ1n) is 12.8. The number of aromatic nitrogens is 1. The summed E-state index contributed by atoms with van der Waals surface area (Å²) in [5.41, 5.74) is 1.55. The third-order valence-corrected chi connectivity index (χ3v) is 8.06. The van der Waals surface area contributed by atoms with Gasteiger partial charge in [-0.2, -0.15) is 0 Å². The van der Waals surface area contributed by atoms with E-state index in [0.29, 0.717) is 21.7 Å². The number of amides is 2. The smallest absolute Gasteiger partial charge is 0.297 e. The number of benzene rings is 3. The fourth-order valence-electron chi connectivity index (χ4n) is 5.92. The van der Waals surface area contributed by atoms with Crippen molar-refractivity contribution in [1.82, 2.24) is 4.98 Å². The fourth-order valence-corrected chi connectivity index (χ4v) is 6.11. The predicted octanol–water partition coefficient (Wildman–Crippen LogP) is 5.91. The summed E-state index contributed by atoms with van der Waals surface area (Å²) in [6.45, 7) is 3.89. The van der Waals surface area contributed by atoms with Crippen LogP contribution in [-0.2, 0) is 16.9 Å². The lowest BCUT2D eigenvalue weighted by atomic mass is 9.84. The summed E-state index contributed by atoms with van der Waals surface area (Å²) in [6.07, 6.45) is 1.58. The molecule has 0 N–H and O–H groups in total. The topological polar surface area (TPSA) is 83.7 Å². The van der Waals surface area contributed by atoms with Crippen LogP contribution in [0.3, 0.4) is 0 Å². The second-order valence-electron chi connectivity index (χ2n) is 10.2. The first kappa shape index (κ1) is 24.3. The molecule has 2 aromatic heterocycles. The molecular formula is C32H22ClN3O4. The highest BCUT2D eigenvalue weighted by atomic mass is 35.5. The van der Waals surface area contributed by atoms with Crippen LogP contribution in [0.4, 0.5) is 11.5 Å². The molecule has 1 atom stereocenters. The maximum Gasteiger partial charge on any atom is 0.297 e. The van der Waals surface area contributed by atoms with Crippen molar-refractivity contribution in [2.45, 2.75) is 25.9 Å². The molecule has 1 unspecified atom stereocenters. The molecule has 0 bridgehead atoms. The molecule has 7 rings (SSSR count). The van der Waals surface area contributed by atoms with Gasteiger partial charge in [-0.05, 0) is 61.4 Å². The fraction of sp³-hybridized carbons (Fsp3) is 0.125. The number of hydrogen-bond donors (Lipinski definition) is 0. The van der Waals surface area contributed by atoms with E-state index in [1.807, 2.05) is 50.2 Å². The Morgan fingerprint density at radius 1 is 0.900 bits per heavy atom. The lowest BCUT2D eigenvalue weighted by Crippen LogP contribution is -2.54. The van der Waals surface area contributed by atoms with Gasteiger partial charge in [0.25, 0.3) is 11.8 Å². The standard InChI is InChI=1S/C32H22ClN3O4/c1-18-11-12-25-21(15-18)28(37)27-29(40-25)30(38)36(26-16-19(2)13-14-34-26)32(27)22-8-4-6-10-24(22)35(31(32)39)17-20-7-3-5-9-23(20)33/h3-16H,17H2,1-2H3. The van der Waals surface area contributed by atoms with Crippen molar-refractivity contribution in [2.75, 3.05) is 9.80 Å². The van der Waals surface area contributed by atoms with Crippen LogP contribution in [0.25, 0.3) is 11.0 Å². The highest BCUT2D eigenvalue weighted by Crippen LogP contribution is 2.54. The van der Waals surface area contributed by atoms with Crippen LogP contribution in [0.2, 0.25) is 5.02 Å². The number of aryl methyl sites for hydroxylation is 2. The van der Waals surface area contributed by atoms with Crippen LogP contribution in [0, 0.1) is 13.8 Å². The first-order chi connectivity index (χ1) is 19.3. The second-order valence-corrected chi connectivity index (χ2v) is 10.6. The molecule has 4 heterocycles. The number of nitrogens with zero attached hydrogens (tertiary/aromatic N) is 3. The van der Waals surface area contributed by atoms with E-state index in [-0.39, 0.29) is 29.3 Å². The normalized spacial score (nSPS) is 17.7. The van der Waals surface area contributed by atoms with Gasteiger partial charge in [0.2, 0.25) is 5.76 Å². The molecule has 5 aromatic rings. The molecule has 7 nitrogen and oxygen atoms in total. The molecule has 0 saturated carbocycles. The summed E-state index contributed by atoms with van der Waals surface area (Å²) < 4.78 is 6.15. The van der Waals surface area contributed by atoms with E-state index >= 15 is 0 Å². The molecule has 0 radical (unpaired) electrons. The summed E-state index contributed by atoms with van der Waals surface area (Å²) in [5.74, 6) is -0.968. The monoisotopic (exact) mass is 547 g/mol. The van der Waals surface area contributed by atoms with Gasteiger partial charge < -0.3 is 9.32 Å². The summed E-state index contributed by atoms with van der Waals surface area (Å²) in [6, 6.07) is 23.2. The second kappa shape index (κ2) is 8.63. The van der Waals surface area contributed by atoms with Crippen molar-refractivity contribution in [3.63, 3.8) is 0 Å². The van der Waals surface area contributed by atoms with E-state index in [4.69, 9.17) is 16.0 Å². The molecule has 3 aromatic carbocycles. The van der Waals surface area contributed by atoms with Gasteiger partial charge in [0.1, 0.15) is 11.4 Å². The van der Waals surface area contributed by atoms with E-state index < -0.39 is 22.8 Å². The Morgan fingerprint density at radius 2 is 1.65 bits per heavy atom. The molecular weight excluding hydrogens is 526 g/mol. The van der Waals surface area contributed by atoms with E-state index in [1.165, 1.54) is 4.90 Å². The largest absolute Gasteiger partial charge is 0.450 e. The van der Waals surface area contributed by atoms with Gasteiger partial charge in [0.15, 0.2) is 11.0 Å². The number of hydrogen-bond acceptors (Lipinski definition) is 5. The van der Waals surface area contributed by atoms with E-state index in [0.717, 1.165) is 16.7 Å². The first-order valence-corrected chi connectivity index (χ1v) is 13.2. The van der Waals surface area contributed by atoms with Crippen molar-refractivity contribution < 1.29 is 14.0 Å². The predicted molar refractivity (Wildman–Crippen MR) is 153 cm³/mol. The Labute approximate surface area is 234 Å². The van der Waals surface area contributed by atoms with Crippen molar-refractivity contribution in [2.24, 2.45) is 0 Å². The van der Waals surface area contributed by atoms with E-state index in [9.17, 15) is 14.4 Å². The Morgan fingerprint density at radius 3 is 2.45 bits per heavy atom. The number of rotatable bonds is 3. The summed E-state index contributed by atoms with van der Waals surface area (Å²) >= 11 is 6.50. The quantitative estimate of drug-likeness (QED) is 0.280. The highest BCUT2D eigenvalue weighted by molar-refractivity contribution is 6.31. The number of para-hydroxylation sites is 1. The average Bonchev–Trinajstić information content (AvgIpc) is 3.35. The van der Waals surface area contributed by atoms with Crippen molar-refractivity contribution in [3.05, 3.63) is 134 Å². The molecule has 0 saturated heterocycles. The molecule has 2 amide bonds. The Bertz CT molecular complexity index is 1970. The molecule has 2 aliphatic rings. The minimum absolute atomic E-state index is 0.00184. The Kier molecular flexibility index (Phi) is 5.24. The Hall–Kier alpha value is -4.75. The van der Waals surface area contributed by atoms with Gasteiger partial charge in [-0.25, -0.2) is 4.98 Å². The van der Waals surface area contributed by atoms with Crippen LogP contribution < -0.4 is 15.2 Å². The zero-order valence-electron chi connectivity index (χ0n) is 21.6.